The van der Waals surface area contributed by atoms with E-state index in [9.17, 15) is 10.2 Å². The number of aliphatic hydroxyl groups is 2. The van der Waals surface area contributed by atoms with Gasteiger partial charge in [0.1, 0.15) is 0 Å². The lowest BCUT2D eigenvalue weighted by molar-refractivity contribution is 0.281. The predicted octanol–water partition coefficient (Wildman–Crippen LogP) is 4.65. The maximum absolute atomic E-state index is 9.51. The Morgan fingerprint density at radius 3 is 2.14 bits per heavy atom. The van der Waals surface area contributed by atoms with Crippen LogP contribution in [0.4, 0.5) is 5.69 Å². The summed E-state index contributed by atoms with van der Waals surface area (Å²) in [5.41, 5.74) is 2.91. The van der Waals surface area contributed by atoms with Crippen molar-refractivity contribution >= 4 is 61.3 Å². The molecule has 5 rings (SSSR count). The van der Waals surface area contributed by atoms with Gasteiger partial charge in [-0.05, 0) is 46.0 Å². The molecule has 1 aromatic heterocycles. The zero-order valence-corrected chi connectivity index (χ0v) is 17.0. The molecule has 0 saturated carbocycles. The quantitative estimate of drug-likeness (QED) is 0.329. The highest BCUT2D eigenvalue weighted by atomic mass is 35.5. The van der Waals surface area contributed by atoms with Crippen LogP contribution < -0.4 is 4.90 Å². The average molecular weight is 407 g/mol. The third-order valence-corrected chi connectivity index (χ3v) is 5.61. The molecule has 0 unspecified atom stereocenters. The molecular weight excluding hydrogens is 384 g/mol. The molecule has 0 amide bonds. The van der Waals surface area contributed by atoms with Crippen LogP contribution in [0.3, 0.4) is 0 Å². The van der Waals surface area contributed by atoms with Crippen molar-refractivity contribution in [2.75, 3.05) is 31.2 Å². The molecular formula is C24H23ClN2O2. The highest BCUT2D eigenvalue weighted by Crippen LogP contribution is 2.40. The molecule has 0 aliphatic rings. The Bertz CT molecular complexity index is 1300. The molecule has 4 nitrogen and oxygen atoms in total. The maximum Gasteiger partial charge on any atom is 0.0804 e. The topological polar surface area (TPSA) is 56.6 Å². The first kappa shape index (κ1) is 19.6. The molecule has 0 spiro atoms. The molecule has 5 heteroatoms. The lowest BCUT2D eigenvalue weighted by Gasteiger charge is -2.25. The number of anilines is 1. The van der Waals surface area contributed by atoms with Gasteiger partial charge in [-0.25, -0.2) is 0 Å². The van der Waals surface area contributed by atoms with Crippen molar-refractivity contribution in [3.8, 4) is 0 Å². The van der Waals surface area contributed by atoms with E-state index in [1.165, 1.54) is 26.9 Å². The van der Waals surface area contributed by atoms with E-state index in [1.807, 2.05) is 17.9 Å². The second-order valence-electron chi connectivity index (χ2n) is 7.35. The first-order chi connectivity index (χ1) is 13.7. The second kappa shape index (κ2) is 7.64. The Hall–Kier alpha value is -2.66. The standard InChI is InChI=1S/C24H22N2O2.ClH/c1-15-13-21(26(9-11-27)10-12-28)20-14-18-6-5-16-3-2-4-17-7-8-19(24(20)25-15)23(18)22(16)17;/h2-8,13-14,27-28H,9-12H2,1H3;1H. The van der Waals surface area contributed by atoms with E-state index >= 15 is 0 Å². The van der Waals surface area contributed by atoms with Crippen molar-refractivity contribution in [1.82, 2.24) is 4.98 Å². The summed E-state index contributed by atoms with van der Waals surface area (Å²) in [7, 11) is 0. The second-order valence-corrected chi connectivity index (χ2v) is 7.35. The van der Waals surface area contributed by atoms with Crippen LogP contribution in [0.25, 0.3) is 43.2 Å². The maximum atomic E-state index is 9.51. The Morgan fingerprint density at radius 2 is 1.45 bits per heavy atom. The SMILES string of the molecule is Cc1cc(N(CCO)CCO)c2cc3ccc4cccc5ccc(c2n1)c3c45.Cl. The molecule has 1 heterocycles. The van der Waals surface area contributed by atoms with Crippen LogP contribution in [0.5, 0.6) is 0 Å². The number of hydrogen-bond donors (Lipinski definition) is 2. The van der Waals surface area contributed by atoms with Gasteiger partial charge in [-0.2, -0.15) is 0 Å². The zero-order valence-electron chi connectivity index (χ0n) is 16.2. The number of aliphatic hydroxyl groups excluding tert-OH is 2. The summed E-state index contributed by atoms with van der Waals surface area (Å²) in [6.45, 7) is 3.03. The van der Waals surface area contributed by atoms with Gasteiger partial charge in [0.05, 0.1) is 18.7 Å². The van der Waals surface area contributed by atoms with Crippen molar-refractivity contribution in [2.24, 2.45) is 0 Å². The average Bonchev–Trinajstić information content (AvgIpc) is 2.71. The lowest BCUT2D eigenvalue weighted by atomic mass is 9.92. The minimum atomic E-state index is 0. The third-order valence-electron chi connectivity index (χ3n) is 5.61. The Kier molecular flexibility index (Phi) is 5.17. The molecule has 0 atom stereocenters. The normalized spacial score (nSPS) is 11.6. The van der Waals surface area contributed by atoms with E-state index in [4.69, 9.17) is 4.98 Å². The predicted molar refractivity (Wildman–Crippen MR) is 124 cm³/mol. The van der Waals surface area contributed by atoms with Crippen molar-refractivity contribution in [1.29, 1.82) is 0 Å². The van der Waals surface area contributed by atoms with Crippen LogP contribution in [-0.2, 0) is 0 Å². The largest absolute Gasteiger partial charge is 0.395 e. The van der Waals surface area contributed by atoms with Gasteiger partial charge in [-0.3, -0.25) is 4.98 Å². The number of nitrogens with zero attached hydrogens (tertiary/aromatic N) is 2. The fourth-order valence-corrected chi connectivity index (χ4v) is 4.45. The Balaban J connectivity index is 0.00000205. The first-order valence-corrected chi connectivity index (χ1v) is 9.66. The molecule has 0 radical (unpaired) electrons. The van der Waals surface area contributed by atoms with Gasteiger partial charge in [-0.15, -0.1) is 12.4 Å². The van der Waals surface area contributed by atoms with Gasteiger partial charge < -0.3 is 15.1 Å². The van der Waals surface area contributed by atoms with Gasteiger partial charge in [0, 0.05) is 35.2 Å². The van der Waals surface area contributed by atoms with Crippen molar-refractivity contribution in [2.45, 2.75) is 6.92 Å². The number of pyridine rings is 1. The van der Waals surface area contributed by atoms with Gasteiger partial charge in [0.15, 0.2) is 0 Å². The summed E-state index contributed by atoms with van der Waals surface area (Å²) in [5, 5.41) is 27.4. The van der Waals surface area contributed by atoms with Crippen LogP contribution in [0, 0.1) is 6.92 Å². The van der Waals surface area contributed by atoms with Crippen LogP contribution in [0.15, 0.2) is 54.6 Å². The number of hydrogen-bond acceptors (Lipinski definition) is 4. The molecule has 29 heavy (non-hydrogen) atoms. The molecule has 0 bridgehead atoms. The molecule has 148 valence electrons. The fraction of sp³-hybridized carbons (Fsp3) is 0.208. The molecule has 0 fully saturated rings. The molecule has 5 aromatic rings. The molecule has 2 N–H and O–H groups in total. The van der Waals surface area contributed by atoms with Crippen LogP contribution in [0.2, 0.25) is 0 Å². The van der Waals surface area contributed by atoms with Crippen LogP contribution >= 0.6 is 12.4 Å². The highest BCUT2D eigenvalue weighted by Gasteiger charge is 2.17. The summed E-state index contributed by atoms with van der Waals surface area (Å²) in [5.74, 6) is 0. The number of halogens is 1. The minimum absolute atomic E-state index is 0. The highest BCUT2D eigenvalue weighted by molar-refractivity contribution is 6.29. The molecule has 4 aromatic carbocycles. The lowest BCUT2D eigenvalue weighted by Crippen LogP contribution is -2.30. The van der Waals surface area contributed by atoms with E-state index in [0.717, 1.165) is 27.7 Å². The molecule has 0 aliphatic carbocycles. The van der Waals surface area contributed by atoms with Crippen molar-refractivity contribution in [3.05, 3.63) is 60.3 Å². The van der Waals surface area contributed by atoms with E-state index in [-0.39, 0.29) is 25.6 Å². The number of rotatable bonds is 5. The van der Waals surface area contributed by atoms with Crippen LogP contribution in [0.1, 0.15) is 5.69 Å². The molecule has 0 aliphatic heterocycles. The van der Waals surface area contributed by atoms with Crippen molar-refractivity contribution < 1.29 is 10.2 Å². The van der Waals surface area contributed by atoms with E-state index in [2.05, 4.69) is 48.5 Å². The van der Waals surface area contributed by atoms with Crippen molar-refractivity contribution in [3.63, 3.8) is 0 Å². The van der Waals surface area contributed by atoms with E-state index in [1.54, 1.807) is 0 Å². The first-order valence-electron chi connectivity index (χ1n) is 9.66. The van der Waals surface area contributed by atoms with Gasteiger partial charge >= 0.3 is 0 Å². The summed E-state index contributed by atoms with van der Waals surface area (Å²) >= 11 is 0. The van der Waals surface area contributed by atoms with Crippen LogP contribution in [-0.4, -0.2) is 41.5 Å². The summed E-state index contributed by atoms with van der Waals surface area (Å²) in [4.78, 5) is 6.93. The number of aromatic nitrogens is 1. The zero-order chi connectivity index (χ0) is 19.3. The van der Waals surface area contributed by atoms with Gasteiger partial charge in [0.2, 0.25) is 0 Å². The van der Waals surface area contributed by atoms with E-state index in [0.29, 0.717) is 13.1 Å². The summed E-state index contributed by atoms with van der Waals surface area (Å²) < 4.78 is 0. The summed E-state index contributed by atoms with van der Waals surface area (Å²) in [6.07, 6.45) is 0. The number of aryl methyl sites for hydroxylation is 1. The number of benzene rings is 4. The Labute approximate surface area is 175 Å². The van der Waals surface area contributed by atoms with E-state index < -0.39 is 0 Å². The monoisotopic (exact) mass is 406 g/mol. The fourth-order valence-electron chi connectivity index (χ4n) is 4.45. The summed E-state index contributed by atoms with van der Waals surface area (Å²) in [6, 6.07) is 19.4. The third kappa shape index (κ3) is 3.04. The Morgan fingerprint density at radius 1 is 0.793 bits per heavy atom. The van der Waals surface area contributed by atoms with Gasteiger partial charge in [-0.1, -0.05) is 42.5 Å². The smallest absolute Gasteiger partial charge is 0.0804 e. The van der Waals surface area contributed by atoms with Gasteiger partial charge in [0.25, 0.3) is 0 Å². The minimum Gasteiger partial charge on any atom is -0.395 e. The molecule has 0 saturated heterocycles. The number of fused-ring (bicyclic) bond motifs is 2.